The quantitative estimate of drug-likeness (QED) is 0.844. The van der Waals surface area contributed by atoms with E-state index in [1.165, 1.54) is 11.1 Å². The van der Waals surface area contributed by atoms with E-state index in [2.05, 4.69) is 51.0 Å². The van der Waals surface area contributed by atoms with Gasteiger partial charge in [0, 0.05) is 51.7 Å². The molecule has 0 bridgehead atoms. The number of nitrogens with zero attached hydrogens (tertiary/aromatic N) is 5. The molecule has 2 aromatic rings. The molecule has 0 N–H and O–H groups in total. The second kappa shape index (κ2) is 7.41. The van der Waals surface area contributed by atoms with Crippen molar-refractivity contribution in [3.05, 3.63) is 53.3 Å². The van der Waals surface area contributed by atoms with E-state index >= 15 is 0 Å². The molecule has 0 saturated carbocycles. The average Bonchev–Trinajstić information content (AvgIpc) is 2.73. The third-order valence-electron chi connectivity index (χ3n) is 5.41. The summed E-state index contributed by atoms with van der Waals surface area (Å²) in [5, 5.41) is 0. The van der Waals surface area contributed by atoms with Crippen LogP contribution in [-0.4, -0.2) is 64.9 Å². The molecule has 1 aromatic heterocycles. The first-order chi connectivity index (χ1) is 12.7. The molecule has 4 rings (SSSR count). The van der Waals surface area contributed by atoms with Crippen LogP contribution in [0.4, 0.5) is 5.95 Å². The lowest BCUT2D eigenvalue weighted by Gasteiger charge is -2.34. The van der Waals surface area contributed by atoms with Gasteiger partial charge in [0.15, 0.2) is 0 Å². The molecule has 136 valence electrons. The minimum Gasteiger partial charge on any atom is -0.336 e. The zero-order valence-electron chi connectivity index (χ0n) is 15.3. The molecule has 0 aliphatic carbocycles. The molecule has 0 unspecified atom stereocenters. The number of piperazine rings is 1. The Bertz CT molecular complexity index is 768. The van der Waals surface area contributed by atoms with Gasteiger partial charge >= 0.3 is 0 Å². The number of amides is 1. The number of anilines is 1. The number of carbonyl (C=O) groups excluding carboxylic acids is 1. The van der Waals surface area contributed by atoms with Crippen molar-refractivity contribution in [2.24, 2.45) is 0 Å². The highest BCUT2D eigenvalue weighted by molar-refractivity contribution is 5.93. The molecule has 0 spiro atoms. The lowest BCUT2D eigenvalue weighted by atomic mass is 10.0. The van der Waals surface area contributed by atoms with Gasteiger partial charge in [0.1, 0.15) is 0 Å². The average molecular weight is 351 g/mol. The largest absolute Gasteiger partial charge is 0.336 e. The van der Waals surface area contributed by atoms with Crippen molar-refractivity contribution >= 4 is 11.9 Å². The van der Waals surface area contributed by atoms with Crippen LogP contribution in [0.25, 0.3) is 0 Å². The lowest BCUT2D eigenvalue weighted by molar-refractivity contribution is 0.0642. The highest BCUT2D eigenvalue weighted by Gasteiger charge is 2.23. The minimum absolute atomic E-state index is 0.0382. The fraction of sp³-hybridized carbons (Fsp3) is 0.450. The summed E-state index contributed by atoms with van der Waals surface area (Å²) in [6.45, 7) is 8.35. The number of carbonyl (C=O) groups is 1. The van der Waals surface area contributed by atoms with Gasteiger partial charge in [0.05, 0.1) is 5.56 Å². The summed E-state index contributed by atoms with van der Waals surface area (Å²) in [5.74, 6) is 0.739. The zero-order valence-corrected chi connectivity index (χ0v) is 15.3. The number of likely N-dealkylation sites (N-methyl/N-ethyl adjacent to an activating group) is 1. The Kier molecular flexibility index (Phi) is 4.84. The third-order valence-corrected chi connectivity index (χ3v) is 5.41. The van der Waals surface area contributed by atoms with E-state index in [1.807, 2.05) is 4.90 Å². The monoisotopic (exact) mass is 351 g/mol. The number of rotatable bonds is 3. The van der Waals surface area contributed by atoms with Crippen molar-refractivity contribution in [3.8, 4) is 0 Å². The van der Waals surface area contributed by atoms with Crippen LogP contribution in [0, 0.1) is 0 Å². The normalized spacial score (nSPS) is 17.9. The Morgan fingerprint density at radius 2 is 1.69 bits per heavy atom. The topological polar surface area (TPSA) is 52.6 Å². The van der Waals surface area contributed by atoms with E-state index in [4.69, 9.17) is 0 Å². The fourth-order valence-electron chi connectivity index (χ4n) is 3.71. The van der Waals surface area contributed by atoms with Crippen LogP contribution >= 0.6 is 0 Å². The van der Waals surface area contributed by atoms with Crippen molar-refractivity contribution < 1.29 is 4.79 Å². The van der Waals surface area contributed by atoms with Gasteiger partial charge in [0.25, 0.3) is 5.91 Å². The second-order valence-corrected chi connectivity index (χ2v) is 6.94. The standard InChI is InChI=1S/C20H25N5O/c1-2-23-9-11-24(12-10-23)19(26)18-13-21-20(22-14-18)25-8-7-16-5-3-4-6-17(16)15-25/h3-6,13-14H,2,7-12,15H2,1H3. The van der Waals surface area contributed by atoms with Crippen molar-refractivity contribution in [1.29, 1.82) is 0 Å². The molecule has 0 radical (unpaired) electrons. The lowest BCUT2D eigenvalue weighted by Crippen LogP contribution is -2.48. The molecular formula is C20H25N5O. The van der Waals surface area contributed by atoms with E-state index in [0.29, 0.717) is 11.5 Å². The third kappa shape index (κ3) is 3.42. The number of hydrogen-bond acceptors (Lipinski definition) is 5. The summed E-state index contributed by atoms with van der Waals surface area (Å²) in [6, 6.07) is 8.51. The van der Waals surface area contributed by atoms with Gasteiger partial charge in [-0.25, -0.2) is 9.97 Å². The number of hydrogen-bond donors (Lipinski definition) is 0. The Labute approximate surface area is 154 Å². The van der Waals surface area contributed by atoms with Crippen LogP contribution in [0.5, 0.6) is 0 Å². The summed E-state index contributed by atoms with van der Waals surface area (Å²) < 4.78 is 0. The SMILES string of the molecule is CCN1CCN(C(=O)c2cnc(N3CCc4ccccc4C3)nc2)CC1. The highest BCUT2D eigenvalue weighted by atomic mass is 16.2. The molecule has 1 aromatic carbocycles. The summed E-state index contributed by atoms with van der Waals surface area (Å²) in [4.78, 5) is 28.1. The maximum atomic E-state index is 12.7. The van der Waals surface area contributed by atoms with E-state index < -0.39 is 0 Å². The number of aromatic nitrogens is 2. The van der Waals surface area contributed by atoms with E-state index in [9.17, 15) is 4.79 Å². The van der Waals surface area contributed by atoms with Gasteiger partial charge in [-0.15, -0.1) is 0 Å². The summed E-state index contributed by atoms with van der Waals surface area (Å²) >= 11 is 0. The zero-order chi connectivity index (χ0) is 17.9. The van der Waals surface area contributed by atoms with Crippen LogP contribution in [0.3, 0.4) is 0 Å². The predicted molar refractivity (Wildman–Crippen MR) is 101 cm³/mol. The van der Waals surface area contributed by atoms with E-state index in [1.54, 1.807) is 12.4 Å². The van der Waals surface area contributed by atoms with E-state index in [0.717, 1.165) is 52.2 Å². The predicted octanol–water partition coefficient (Wildman–Crippen LogP) is 1.82. The highest BCUT2D eigenvalue weighted by Crippen LogP contribution is 2.21. The summed E-state index contributed by atoms with van der Waals surface area (Å²) in [7, 11) is 0. The van der Waals surface area contributed by atoms with Gasteiger partial charge in [-0.1, -0.05) is 31.2 Å². The molecule has 1 fully saturated rings. The van der Waals surface area contributed by atoms with Crippen molar-refractivity contribution in [3.63, 3.8) is 0 Å². The molecule has 1 amide bonds. The van der Waals surface area contributed by atoms with Crippen molar-refractivity contribution in [1.82, 2.24) is 19.8 Å². The first-order valence-corrected chi connectivity index (χ1v) is 9.40. The fourth-order valence-corrected chi connectivity index (χ4v) is 3.71. The first kappa shape index (κ1) is 17.0. The Morgan fingerprint density at radius 1 is 1.00 bits per heavy atom. The summed E-state index contributed by atoms with van der Waals surface area (Å²) in [5.41, 5.74) is 3.31. The molecule has 2 aliphatic rings. The van der Waals surface area contributed by atoms with Gasteiger partial charge in [-0.05, 0) is 24.1 Å². The van der Waals surface area contributed by atoms with Crippen molar-refractivity contribution in [2.45, 2.75) is 19.9 Å². The smallest absolute Gasteiger partial charge is 0.257 e. The Hall–Kier alpha value is -2.47. The molecule has 0 atom stereocenters. The van der Waals surface area contributed by atoms with Crippen LogP contribution < -0.4 is 4.90 Å². The maximum absolute atomic E-state index is 12.7. The molecule has 6 heteroatoms. The number of benzene rings is 1. The first-order valence-electron chi connectivity index (χ1n) is 9.40. The molecule has 6 nitrogen and oxygen atoms in total. The summed E-state index contributed by atoms with van der Waals surface area (Å²) in [6.07, 6.45) is 4.36. The van der Waals surface area contributed by atoms with Gasteiger partial charge in [-0.2, -0.15) is 0 Å². The Morgan fingerprint density at radius 3 is 2.38 bits per heavy atom. The molecular weight excluding hydrogens is 326 g/mol. The van der Waals surface area contributed by atoms with Crippen LogP contribution in [0.1, 0.15) is 28.4 Å². The second-order valence-electron chi connectivity index (χ2n) is 6.94. The van der Waals surface area contributed by atoms with Crippen LogP contribution in [0.2, 0.25) is 0 Å². The molecule has 26 heavy (non-hydrogen) atoms. The Balaban J connectivity index is 1.42. The van der Waals surface area contributed by atoms with Crippen LogP contribution in [0.15, 0.2) is 36.7 Å². The molecule has 1 saturated heterocycles. The minimum atomic E-state index is 0.0382. The molecule has 3 heterocycles. The van der Waals surface area contributed by atoms with Gasteiger partial charge in [0.2, 0.25) is 5.95 Å². The van der Waals surface area contributed by atoms with E-state index in [-0.39, 0.29) is 5.91 Å². The molecule has 2 aliphatic heterocycles. The van der Waals surface area contributed by atoms with Gasteiger partial charge < -0.3 is 14.7 Å². The maximum Gasteiger partial charge on any atom is 0.257 e. The van der Waals surface area contributed by atoms with Crippen LogP contribution in [-0.2, 0) is 13.0 Å². The van der Waals surface area contributed by atoms with Gasteiger partial charge in [-0.3, -0.25) is 4.79 Å². The van der Waals surface area contributed by atoms with Crippen molar-refractivity contribution in [2.75, 3.05) is 44.2 Å². The number of fused-ring (bicyclic) bond motifs is 1.